The van der Waals surface area contributed by atoms with Gasteiger partial charge in [-0.3, -0.25) is 9.59 Å². The van der Waals surface area contributed by atoms with Crippen LogP contribution in [-0.2, 0) is 16.0 Å². The van der Waals surface area contributed by atoms with E-state index in [1.165, 1.54) is 5.56 Å². The van der Waals surface area contributed by atoms with E-state index in [1.54, 1.807) is 0 Å². The standard InChI is InChI=1S/C17H21NO3/c19-15(18-11-17(16(20)21)9-4-10-17)14-8-3-6-12-5-1-2-7-13(12)14/h1-2,5,7,14H,3-4,6,8-11H2,(H,18,19)(H,20,21). The molecule has 4 heteroatoms. The number of rotatable bonds is 4. The summed E-state index contributed by atoms with van der Waals surface area (Å²) in [6.45, 7) is 0.264. The Labute approximate surface area is 124 Å². The van der Waals surface area contributed by atoms with Gasteiger partial charge in [-0.15, -0.1) is 0 Å². The van der Waals surface area contributed by atoms with E-state index in [0.29, 0.717) is 12.8 Å². The van der Waals surface area contributed by atoms with Crippen molar-refractivity contribution in [3.63, 3.8) is 0 Å². The average molecular weight is 287 g/mol. The molecule has 0 aliphatic heterocycles. The third-order valence-corrected chi connectivity index (χ3v) is 5.05. The minimum atomic E-state index is -0.780. The van der Waals surface area contributed by atoms with E-state index < -0.39 is 11.4 Å². The lowest BCUT2D eigenvalue weighted by molar-refractivity contribution is -0.154. The van der Waals surface area contributed by atoms with Gasteiger partial charge in [0.25, 0.3) is 0 Å². The summed E-state index contributed by atoms with van der Waals surface area (Å²) in [5.41, 5.74) is 1.64. The first kappa shape index (κ1) is 14.1. The second-order valence-corrected chi connectivity index (χ2v) is 6.30. The summed E-state index contributed by atoms with van der Waals surface area (Å²) in [6, 6.07) is 8.08. The molecule has 4 nitrogen and oxygen atoms in total. The SMILES string of the molecule is O=C(NCC1(C(=O)O)CCC1)C1CCCc2ccccc21. The van der Waals surface area contributed by atoms with E-state index in [0.717, 1.165) is 31.2 Å². The van der Waals surface area contributed by atoms with Crippen LogP contribution in [0.4, 0.5) is 0 Å². The fourth-order valence-corrected chi connectivity index (χ4v) is 3.48. The lowest BCUT2D eigenvalue weighted by Gasteiger charge is -2.38. The Morgan fingerprint density at radius 3 is 2.67 bits per heavy atom. The molecule has 0 heterocycles. The van der Waals surface area contributed by atoms with Gasteiger partial charge >= 0.3 is 5.97 Å². The molecule has 1 aromatic carbocycles. The number of amides is 1. The van der Waals surface area contributed by atoms with Crippen LogP contribution >= 0.6 is 0 Å². The summed E-state index contributed by atoms with van der Waals surface area (Å²) in [4.78, 5) is 23.8. The van der Waals surface area contributed by atoms with E-state index in [-0.39, 0.29) is 18.4 Å². The molecule has 0 radical (unpaired) electrons. The molecule has 1 fully saturated rings. The summed E-state index contributed by atoms with van der Waals surface area (Å²) in [6.07, 6.45) is 5.17. The van der Waals surface area contributed by atoms with Crippen LogP contribution in [-0.4, -0.2) is 23.5 Å². The summed E-state index contributed by atoms with van der Waals surface area (Å²) < 4.78 is 0. The van der Waals surface area contributed by atoms with Crippen molar-refractivity contribution in [2.24, 2.45) is 5.41 Å². The van der Waals surface area contributed by atoms with Crippen molar-refractivity contribution in [1.82, 2.24) is 5.32 Å². The van der Waals surface area contributed by atoms with Gasteiger partial charge in [-0.1, -0.05) is 30.7 Å². The van der Waals surface area contributed by atoms with Crippen LogP contribution in [0.3, 0.4) is 0 Å². The van der Waals surface area contributed by atoms with Gasteiger partial charge in [0.15, 0.2) is 0 Å². The molecule has 0 saturated heterocycles. The van der Waals surface area contributed by atoms with Crippen LogP contribution in [0.25, 0.3) is 0 Å². The minimum Gasteiger partial charge on any atom is -0.481 e. The number of aliphatic carboxylic acids is 1. The van der Waals surface area contributed by atoms with Crippen molar-refractivity contribution in [3.05, 3.63) is 35.4 Å². The van der Waals surface area contributed by atoms with E-state index >= 15 is 0 Å². The second-order valence-electron chi connectivity index (χ2n) is 6.30. The number of hydrogen-bond donors (Lipinski definition) is 2. The zero-order chi connectivity index (χ0) is 14.9. The fourth-order valence-electron chi connectivity index (χ4n) is 3.48. The maximum absolute atomic E-state index is 12.5. The van der Waals surface area contributed by atoms with E-state index in [2.05, 4.69) is 11.4 Å². The first-order valence-electron chi connectivity index (χ1n) is 7.71. The van der Waals surface area contributed by atoms with Gasteiger partial charge in [0.05, 0.1) is 11.3 Å². The van der Waals surface area contributed by atoms with Gasteiger partial charge in [0.1, 0.15) is 0 Å². The molecule has 0 aromatic heterocycles. The van der Waals surface area contributed by atoms with Gasteiger partial charge in [-0.05, 0) is 43.2 Å². The first-order valence-corrected chi connectivity index (χ1v) is 7.71. The summed E-state index contributed by atoms with van der Waals surface area (Å²) >= 11 is 0. The van der Waals surface area contributed by atoms with Crippen LogP contribution in [0, 0.1) is 5.41 Å². The van der Waals surface area contributed by atoms with Crippen LogP contribution in [0.2, 0.25) is 0 Å². The fraction of sp³-hybridized carbons (Fsp3) is 0.529. The molecule has 112 valence electrons. The van der Waals surface area contributed by atoms with Crippen molar-refractivity contribution >= 4 is 11.9 Å². The summed E-state index contributed by atoms with van der Waals surface area (Å²) in [5, 5.41) is 12.2. The molecular formula is C17H21NO3. The van der Waals surface area contributed by atoms with E-state index in [1.807, 2.05) is 18.2 Å². The number of nitrogens with one attached hydrogen (secondary N) is 1. The van der Waals surface area contributed by atoms with Gasteiger partial charge in [0.2, 0.25) is 5.91 Å². The molecule has 2 aliphatic carbocycles. The number of benzene rings is 1. The smallest absolute Gasteiger partial charge is 0.311 e. The molecule has 2 N–H and O–H groups in total. The number of carboxylic acids is 1. The predicted molar refractivity (Wildman–Crippen MR) is 79.1 cm³/mol. The Kier molecular flexibility index (Phi) is 3.70. The van der Waals surface area contributed by atoms with Crippen LogP contribution < -0.4 is 5.32 Å². The first-order chi connectivity index (χ1) is 10.1. The highest BCUT2D eigenvalue weighted by Crippen LogP contribution is 2.41. The lowest BCUT2D eigenvalue weighted by Crippen LogP contribution is -2.48. The predicted octanol–water partition coefficient (Wildman–Crippen LogP) is 2.48. The highest BCUT2D eigenvalue weighted by Gasteiger charge is 2.44. The third-order valence-electron chi connectivity index (χ3n) is 5.05. The second kappa shape index (κ2) is 5.51. The Morgan fingerprint density at radius 2 is 2.00 bits per heavy atom. The van der Waals surface area contributed by atoms with Gasteiger partial charge in [-0.25, -0.2) is 0 Å². The molecule has 2 aliphatic rings. The third kappa shape index (κ3) is 2.55. The molecule has 3 rings (SSSR count). The normalized spacial score (nSPS) is 22.8. The topological polar surface area (TPSA) is 66.4 Å². The Bertz CT molecular complexity index is 563. The number of carbonyl (C=O) groups is 2. The van der Waals surface area contributed by atoms with Gasteiger partial charge in [-0.2, -0.15) is 0 Å². The van der Waals surface area contributed by atoms with E-state index in [4.69, 9.17) is 0 Å². The molecule has 21 heavy (non-hydrogen) atoms. The number of hydrogen-bond acceptors (Lipinski definition) is 2. The molecule has 1 aromatic rings. The summed E-state index contributed by atoms with van der Waals surface area (Å²) in [5.74, 6) is -0.923. The van der Waals surface area contributed by atoms with Crippen molar-refractivity contribution in [1.29, 1.82) is 0 Å². The maximum atomic E-state index is 12.5. The molecular weight excluding hydrogens is 266 g/mol. The number of carboxylic acid groups (broad SMARTS) is 1. The molecule has 1 saturated carbocycles. The Hall–Kier alpha value is -1.84. The Balaban J connectivity index is 1.68. The Morgan fingerprint density at radius 1 is 1.24 bits per heavy atom. The molecule has 0 bridgehead atoms. The number of aryl methyl sites for hydroxylation is 1. The number of fused-ring (bicyclic) bond motifs is 1. The van der Waals surface area contributed by atoms with Gasteiger partial charge in [0, 0.05) is 6.54 Å². The van der Waals surface area contributed by atoms with Crippen molar-refractivity contribution in [3.8, 4) is 0 Å². The highest BCUT2D eigenvalue weighted by molar-refractivity contribution is 5.85. The maximum Gasteiger partial charge on any atom is 0.311 e. The zero-order valence-corrected chi connectivity index (χ0v) is 12.1. The zero-order valence-electron chi connectivity index (χ0n) is 12.1. The van der Waals surface area contributed by atoms with E-state index in [9.17, 15) is 14.7 Å². The summed E-state index contributed by atoms with van der Waals surface area (Å²) in [7, 11) is 0. The van der Waals surface area contributed by atoms with Crippen LogP contribution in [0.5, 0.6) is 0 Å². The van der Waals surface area contributed by atoms with Gasteiger partial charge < -0.3 is 10.4 Å². The van der Waals surface area contributed by atoms with Crippen molar-refractivity contribution in [2.75, 3.05) is 6.54 Å². The monoisotopic (exact) mass is 287 g/mol. The lowest BCUT2D eigenvalue weighted by atomic mass is 9.68. The van der Waals surface area contributed by atoms with Crippen molar-refractivity contribution < 1.29 is 14.7 Å². The molecule has 1 unspecified atom stereocenters. The van der Waals surface area contributed by atoms with Crippen molar-refractivity contribution in [2.45, 2.75) is 44.4 Å². The highest BCUT2D eigenvalue weighted by atomic mass is 16.4. The largest absolute Gasteiger partial charge is 0.481 e. The average Bonchev–Trinajstić information content (AvgIpc) is 2.45. The van der Waals surface area contributed by atoms with Crippen LogP contribution in [0.15, 0.2) is 24.3 Å². The molecule has 0 spiro atoms. The quantitative estimate of drug-likeness (QED) is 0.894. The molecule has 1 amide bonds. The number of carbonyl (C=O) groups excluding carboxylic acids is 1. The van der Waals surface area contributed by atoms with Crippen LogP contribution in [0.1, 0.15) is 49.1 Å². The molecule has 1 atom stereocenters. The minimum absolute atomic E-state index is 0.0188.